The second kappa shape index (κ2) is 7.92. The van der Waals surface area contributed by atoms with E-state index >= 15 is 0 Å². The lowest BCUT2D eigenvalue weighted by Crippen LogP contribution is -2.24. The van der Waals surface area contributed by atoms with Crippen LogP contribution in [0.5, 0.6) is 5.75 Å². The highest BCUT2D eigenvalue weighted by molar-refractivity contribution is 7.80. The summed E-state index contributed by atoms with van der Waals surface area (Å²) in [4.78, 5) is 5.98. The molecule has 1 aromatic heterocycles. The van der Waals surface area contributed by atoms with Crippen molar-refractivity contribution in [1.82, 2.24) is 9.88 Å². The van der Waals surface area contributed by atoms with Crippen LogP contribution in [0.15, 0.2) is 30.5 Å². The van der Waals surface area contributed by atoms with Gasteiger partial charge >= 0.3 is 0 Å². The number of thiocarbonyl (C=S) groups is 2. The zero-order valence-electron chi connectivity index (χ0n) is 11.4. The Labute approximate surface area is 138 Å². The normalized spacial score (nSPS) is 9.48. The quantitative estimate of drug-likeness (QED) is 0.771. The first kappa shape index (κ1) is 17.4. The van der Waals surface area contributed by atoms with Crippen LogP contribution < -0.4 is 10.5 Å². The van der Waals surface area contributed by atoms with E-state index in [-0.39, 0.29) is 0 Å². The van der Waals surface area contributed by atoms with Crippen molar-refractivity contribution in [2.24, 2.45) is 5.73 Å². The largest absolute Gasteiger partial charge is 0.487 e. The summed E-state index contributed by atoms with van der Waals surface area (Å²) >= 11 is 15.0. The van der Waals surface area contributed by atoms with Crippen molar-refractivity contribution in [2.75, 3.05) is 14.1 Å². The first-order chi connectivity index (χ1) is 9.81. The van der Waals surface area contributed by atoms with E-state index in [1.165, 1.54) is 0 Å². The Morgan fingerprint density at radius 1 is 1.38 bits per heavy atom. The molecule has 0 radical (unpaired) electrons. The van der Waals surface area contributed by atoms with Crippen LogP contribution in [0, 0.1) is 0 Å². The number of hydrogen-bond acceptors (Lipinski definition) is 4. The van der Waals surface area contributed by atoms with Crippen LogP contribution in [0.1, 0.15) is 0 Å². The SMILES string of the molecule is CN(C)C(=S)Oc1cnc2c(Cl)cccc2c1.NC(O)=S. The van der Waals surface area contributed by atoms with E-state index in [2.05, 4.69) is 22.9 Å². The minimum atomic E-state index is -0.500. The second-order valence-corrected chi connectivity index (χ2v) is 5.26. The van der Waals surface area contributed by atoms with E-state index in [1.54, 1.807) is 11.1 Å². The van der Waals surface area contributed by atoms with Crippen molar-refractivity contribution < 1.29 is 9.84 Å². The molecule has 0 saturated carbocycles. The van der Waals surface area contributed by atoms with Crippen LogP contribution in [0.3, 0.4) is 0 Å². The highest BCUT2D eigenvalue weighted by Crippen LogP contribution is 2.24. The van der Waals surface area contributed by atoms with Gasteiger partial charge in [-0.25, -0.2) is 0 Å². The first-order valence-electron chi connectivity index (χ1n) is 5.73. The number of ether oxygens (including phenoxy) is 1. The molecule has 0 bridgehead atoms. The number of aliphatic hydroxyl groups excluding tert-OH is 1. The summed E-state index contributed by atoms with van der Waals surface area (Å²) in [6.45, 7) is 0. The van der Waals surface area contributed by atoms with E-state index in [4.69, 9.17) is 33.7 Å². The van der Waals surface area contributed by atoms with Crippen molar-refractivity contribution in [1.29, 1.82) is 0 Å². The van der Waals surface area contributed by atoms with Crippen LogP contribution in [0.2, 0.25) is 5.02 Å². The molecule has 21 heavy (non-hydrogen) atoms. The van der Waals surface area contributed by atoms with Gasteiger partial charge in [0.05, 0.1) is 16.7 Å². The smallest absolute Gasteiger partial charge is 0.264 e. The van der Waals surface area contributed by atoms with Crippen molar-refractivity contribution in [2.45, 2.75) is 0 Å². The standard InChI is InChI=1S/C12H11ClN2OS.CH3NOS/c1-15(2)12(17)16-9-6-8-4-3-5-10(13)11(8)14-7-9;2-1(3)4/h3-7H,1-2H3;(H3,2,3,4). The first-order valence-corrected chi connectivity index (χ1v) is 6.92. The van der Waals surface area contributed by atoms with Gasteiger partial charge in [-0.3, -0.25) is 4.98 Å². The topological polar surface area (TPSA) is 71.6 Å². The van der Waals surface area contributed by atoms with Gasteiger partial charge in [-0.1, -0.05) is 23.7 Å². The molecule has 112 valence electrons. The Bertz CT molecular complexity index is 661. The number of hydrogen-bond donors (Lipinski definition) is 2. The molecule has 0 aliphatic carbocycles. The molecule has 2 rings (SSSR count). The molecule has 0 atom stereocenters. The number of nitrogens with two attached hydrogens (primary N) is 1. The highest BCUT2D eigenvalue weighted by Gasteiger charge is 2.05. The maximum absolute atomic E-state index is 7.56. The third-order valence-corrected chi connectivity index (χ3v) is 2.96. The van der Waals surface area contributed by atoms with Gasteiger partial charge in [0.2, 0.25) is 0 Å². The Kier molecular flexibility index (Phi) is 6.54. The fourth-order valence-electron chi connectivity index (χ4n) is 1.35. The fourth-order valence-corrected chi connectivity index (χ4v) is 1.68. The molecule has 0 spiro atoms. The minimum Gasteiger partial charge on any atom is -0.487 e. The summed E-state index contributed by atoms with van der Waals surface area (Å²) in [5.74, 6) is 0.610. The van der Waals surface area contributed by atoms with E-state index in [0.29, 0.717) is 15.9 Å². The molecule has 0 saturated heterocycles. The molecule has 8 heteroatoms. The lowest BCUT2D eigenvalue weighted by Gasteiger charge is -2.14. The van der Waals surface area contributed by atoms with Crippen LogP contribution in [-0.4, -0.2) is 39.4 Å². The predicted molar refractivity (Wildman–Crippen MR) is 93.1 cm³/mol. The Morgan fingerprint density at radius 3 is 2.57 bits per heavy atom. The van der Waals surface area contributed by atoms with E-state index in [9.17, 15) is 0 Å². The number of benzene rings is 1. The van der Waals surface area contributed by atoms with Crippen LogP contribution in [0.25, 0.3) is 10.9 Å². The molecule has 1 heterocycles. The predicted octanol–water partition coefficient (Wildman–Crippen LogP) is 2.90. The molecule has 0 amide bonds. The summed E-state index contributed by atoms with van der Waals surface area (Å²) in [5, 5.41) is 9.02. The van der Waals surface area contributed by atoms with Crippen LogP contribution in [-0.2, 0) is 0 Å². The van der Waals surface area contributed by atoms with Gasteiger partial charge in [0.1, 0.15) is 5.75 Å². The molecule has 1 aromatic carbocycles. The minimum absolute atomic E-state index is 0.396. The van der Waals surface area contributed by atoms with Crippen molar-refractivity contribution in [3.8, 4) is 5.75 Å². The number of aliphatic hydroxyl groups is 1. The maximum Gasteiger partial charge on any atom is 0.264 e. The average molecular weight is 344 g/mol. The van der Waals surface area contributed by atoms with E-state index < -0.39 is 5.17 Å². The lowest BCUT2D eigenvalue weighted by atomic mass is 10.2. The van der Waals surface area contributed by atoms with Gasteiger partial charge in [0.15, 0.2) is 0 Å². The summed E-state index contributed by atoms with van der Waals surface area (Å²) < 4.78 is 5.48. The summed E-state index contributed by atoms with van der Waals surface area (Å²) in [6.07, 6.45) is 1.62. The van der Waals surface area contributed by atoms with E-state index in [0.717, 1.165) is 10.9 Å². The molecule has 5 nitrogen and oxygen atoms in total. The van der Waals surface area contributed by atoms with Gasteiger partial charge < -0.3 is 20.5 Å². The number of halogens is 1. The number of pyridine rings is 1. The third kappa shape index (κ3) is 5.66. The molecular formula is C13H14ClN3O2S2. The highest BCUT2D eigenvalue weighted by atomic mass is 35.5. The molecule has 0 aliphatic heterocycles. The maximum atomic E-state index is 7.56. The van der Waals surface area contributed by atoms with Crippen molar-refractivity contribution in [3.05, 3.63) is 35.5 Å². The van der Waals surface area contributed by atoms with Gasteiger partial charge in [-0.15, -0.1) is 0 Å². The number of para-hydroxylation sites is 1. The molecule has 0 aliphatic rings. The summed E-state index contributed by atoms with van der Waals surface area (Å²) in [7, 11) is 3.65. The van der Waals surface area contributed by atoms with Gasteiger partial charge in [-0.2, -0.15) is 0 Å². The van der Waals surface area contributed by atoms with Gasteiger partial charge in [-0.05, 0) is 36.6 Å². The number of aromatic nitrogens is 1. The number of fused-ring (bicyclic) bond motifs is 1. The van der Waals surface area contributed by atoms with Crippen LogP contribution in [0.4, 0.5) is 0 Å². The number of rotatable bonds is 1. The van der Waals surface area contributed by atoms with Crippen molar-refractivity contribution in [3.63, 3.8) is 0 Å². The zero-order chi connectivity index (χ0) is 16.0. The molecule has 2 aromatic rings. The third-order valence-electron chi connectivity index (χ3n) is 2.21. The van der Waals surface area contributed by atoms with Crippen molar-refractivity contribution >= 4 is 57.3 Å². The van der Waals surface area contributed by atoms with Gasteiger partial charge in [0, 0.05) is 19.5 Å². The van der Waals surface area contributed by atoms with Gasteiger partial charge in [0.25, 0.3) is 10.3 Å². The Balaban J connectivity index is 0.000000491. The summed E-state index contributed by atoms with van der Waals surface area (Å²) in [6, 6.07) is 7.48. The molecule has 0 unspecified atom stereocenters. The van der Waals surface area contributed by atoms with E-state index in [1.807, 2.05) is 38.4 Å². The Hall–Kier alpha value is -1.70. The number of nitrogens with zero attached hydrogens (tertiary/aromatic N) is 2. The Morgan fingerprint density at radius 2 is 2.00 bits per heavy atom. The fraction of sp³-hybridized carbons (Fsp3) is 0.154. The average Bonchev–Trinajstić information content (AvgIpc) is 2.38. The second-order valence-electron chi connectivity index (χ2n) is 4.08. The summed E-state index contributed by atoms with van der Waals surface area (Å²) in [5.41, 5.74) is 5.16. The molecular weight excluding hydrogens is 330 g/mol. The monoisotopic (exact) mass is 343 g/mol. The molecule has 3 N–H and O–H groups in total. The molecule has 0 fully saturated rings. The van der Waals surface area contributed by atoms with Crippen LogP contribution >= 0.6 is 36.0 Å². The zero-order valence-corrected chi connectivity index (χ0v) is 13.8. The lowest BCUT2D eigenvalue weighted by molar-refractivity contribution is 0.448.